The molecule has 0 unspecified atom stereocenters. The minimum atomic E-state index is 0.0584. The van der Waals surface area contributed by atoms with E-state index in [1.807, 2.05) is 30.9 Å². The zero-order chi connectivity index (χ0) is 12.5. The lowest BCUT2D eigenvalue weighted by molar-refractivity contribution is 0.0736. The van der Waals surface area contributed by atoms with Crippen LogP contribution in [-0.2, 0) is 7.05 Å². The van der Waals surface area contributed by atoms with Gasteiger partial charge < -0.3 is 9.47 Å². The molecule has 4 heteroatoms. The van der Waals surface area contributed by atoms with E-state index in [-0.39, 0.29) is 11.3 Å². The van der Waals surface area contributed by atoms with Crippen LogP contribution in [0.5, 0.6) is 0 Å². The topological polar surface area (TPSA) is 25.2 Å². The highest BCUT2D eigenvalue weighted by atomic mass is 79.9. The molecule has 0 aliphatic carbocycles. The van der Waals surface area contributed by atoms with E-state index in [1.165, 1.54) is 0 Å². The smallest absolute Gasteiger partial charge is 0.270 e. The first-order valence-corrected chi connectivity index (χ1v) is 6.07. The summed E-state index contributed by atoms with van der Waals surface area (Å²) in [4.78, 5) is 13.9. The largest absolute Gasteiger partial charge is 0.345 e. The first-order chi connectivity index (χ1) is 7.20. The fourth-order valence-electron chi connectivity index (χ4n) is 1.72. The number of amides is 1. The van der Waals surface area contributed by atoms with Crippen molar-refractivity contribution in [2.45, 2.75) is 20.8 Å². The number of carbonyl (C=O) groups excluding carboxylic acids is 1. The van der Waals surface area contributed by atoms with Gasteiger partial charge in [-0.3, -0.25) is 4.79 Å². The number of hydrogen-bond acceptors (Lipinski definition) is 1. The molecule has 90 valence electrons. The normalized spacial score (nSPS) is 11.6. The monoisotopic (exact) mass is 286 g/mol. The molecule has 1 rings (SSSR count). The third-order valence-corrected chi connectivity index (χ3v) is 2.68. The van der Waals surface area contributed by atoms with Crippen LogP contribution in [0.4, 0.5) is 0 Å². The zero-order valence-corrected chi connectivity index (χ0v) is 12.1. The van der Waals surface area contributed by atoms with E-state index in [0.29, 0.717) is 5.69 Å². The van der Waals surface area contributed by atoms with Crippen LogP contribution in [0, 0.1) is 5.41 Å². The van der Waals surface area contributed by atoms with Gasteiger partial charge in [-0.2, -0.15) is 0 Å². The molecule has 0 aliphatic heterocycles. The van der Waals surface area contributed by atoms with Gasteiger partial charge in [0.1, 0.15) is 5.69 Å². The zero-order valence-electron chi connectivity index (χ0n) is 10.5. The van der Waals surface area contributed by atoms with E-state index >= 15 is 0 Å². The molecule has 16 heavy (non-hydrogen) atoms. The van der Waals surface area contributed by atoms with Gasteiger partial charge in [0.2, 0.25) is 0 Å². The van der Waals surface area contributed by atoms with Crippen LogP contribution < -0.4 is 0 Å². The Labute approximate surface area is 106 Å². The maximum absolute atomic E-state index is 12.1. The summed E-state index contributed by atoms with van der Waals surface area (Å²) in [6.45, 7) is 7.11. The van der Waals surface area contributed by atoms with Gasteiger partial charge in [-0.1, -0.05) is 20.8 Å². The molecule has 1 heterocycles. The molecule has 0 fully saturated rings. The molecule has 3 nitrogen and oxygen atoms in total. The van der Waals surface area contributed by atoms with E-state index < -0.39 is 0 Å². The molecule has 0 atom stereocenters. The molecule has 0 spiro atoms. The van der Waals surface area contributed by atoms with Gasteiger partial charge in [0.05, 0.1) is 0 Å². The highest BCUT2D eigenvalue weighted by molar-refractivity contribution is 9.10. The molecular formula is C12H19BrN2O. The van der Waals surface area contributed by atoms with Crippen molar-refractivity contribution in [1.29, 1.82) is 0 Å². The molecule has 0 aromatic carbocycles. The van der Waals surface area contributed by atoms with Crippen molar-refractivity contribution in [3.05, 3.63) is 22.4 Å². The van der Waals surface area contributed by atoms with Crippen molar-refractivity contribution in [3.63, 3.8) is 0 Å². The van der Waals surface area contributed by atoms with Crippen LogP contribution >= 0.6 is 15.9 Å². The summed E-state index contributed by atoms with van der Waals surface area (Å²) in [5.74, 6) is 0.0584. The van der Waals surface area contributed by atoms with Crippen LogP contribution in [0.25, 0.3) is 0 Å². The third-order valence-electron chi connectivity index (χ3n) is 2.25. The molecule has 0 bridgehead atoms. The van der Waals surface area contributed by atoms with Gasteiger partial charge >= 0.3 is 0 Å². The van der Waals surface area contributed by atoms with Gasteiger partial charge in [-0.05, 0) is 27.4 Å². The van der Waals surface area contributed by atoms with Gasteiger partial charge in [-0.15, -0.1) is 0 Å². The number of aromatic nitrogens is 1. The fraction of sp³-hybridized carbons (Fsp3) is 0.583. The second-order valence-corrected chi connectivity index (χ2v) is 6.29. The average Bonchev–Trinajstić information content (AvgIpc) is 2.41. The van der Waals surface area contributed by atoms with Gasteiger partial charge in [0.15, 0.2) is 0 Å². The van der Waals surface area contributed by atoms with Gasteiger partial charge in [0.25, 0.3) is 5.91 Å². The van der Waals surface area contributed by atoms with Gasteiger partial charge in [-0.25, -0.2) is 0 Å². The molecule has 1 aromatic rings. The van der Waals surface area contributed by atoms with Gasteiger partial charge in [0, 0.05) is 31.3 Å². The van der Waals surface area contributed by atoms with E-state index in [2.05, 4.69) is 36.7 Å². The maximum Gasteiger partial charge on any atom is 0.270 e. The average molecular weight is 287 g/mol. The Balaban J connectivity index is 2.82. The molecule has 1 amide bonds. The summed E-state index contributed by atoms with van der Waals surface area (Å²) < 4.78 is 2.77. The summed E-state index contributed by atoms with van der Waals surface area (Å²) in [6.07, 6.45) is 1.89. The van der Waals surface area contributed by atoms with Crippen molar-refractivity contribution in [3.8, 4) is 0 Å². The fourth-order valence-corrected chi connectivity index (χ4v) is 2.24. The third kappa shape index (κ3) is 3.37. The summed E-state index contributed by atoms with van der Waals surface area (Å²) in [6, 6.07) is 1.85. The van der Waals surface area contributed by atoms with Crippen molar-refractivity contribution >= 4 is 21.8 Å². The lowest BCUT2D eigenvalue weighted by atomic mass is 9.96. The molecule has 0 saturated heterocycles. The Morgan fingerprint density at radius 2 is 2.06 bits per heavy atom. The standard InChI is InChI=1S/C12H19BrN2O/c1-12(2,3)8-15(5)11(16)10-6-9(13)7-14(10)4/h6-7H,8H2,1-5H3. The Morgan fingerprint density at radius 1 is 1.50 bits per heavy atom. The van der Waals surface area contributed by atoms with Crippen LogP contribution in [0.15, 0.2) is 16.7 Å². The molecular weight excluding hydrogens is 268 g/mol. The van der Waals surface area contributed by atoms with E-state index in [4.69, 9.17) is 0 Å². The highest BCUT2D eigenvalue weighted by Gasteiger charge is 2.20. The SMILES string of the molecule is CN(CC(C)(C)C)C(=O)c1cc(Br)cn1C. The molecule has 0 saturated carbocycles. The van der Waals surface area contributed by atoms with Crippen molar-refractivity contribution < 1.29 is 4.79 Å². The van der Waals surface area contributed by atoms with E-state index in [1.54, 1.807) is 4.90 Å². The first-order valence-electron chi connectivity index (χ1n) is 5.28. The number of halogens is 1. The van der Waals surface area contributed by atoms with E-state index in [0.717, 1.165) is 11.0 Å². The predicted molar refractivity (Wildman–Crippen MR) is 69.5 cm³/mol. The summed E-state index contributed by atoms with van der Waals surface area (Å²) >= 11 is 3.37. The molecule has 0 aliphatic rings. The predicted octanol–water partition coefficient (Wildman–Crippen LogP) is 2.91. The van der Waals surface area contributed by atoms with Crippen molar-refractivity contribution in [1.82, 2.24) is 9.47 Å². The lowest BCUT2D eigenvalue weighted by Gasteiger charge is -2.26. The Kier molecular flexibility index (Phi) is 3.84. The maximum atomic E-state index is 12.1. The Bertz CT molecular complexity index is 390. The minimum absolute atomic E-state index is 0.0584. The second kappa shape index (κ2) is 4.62. The first kappa shape index (κ1) is 13.3. The Hall–Kier alpha value is -0.770. The summed E-state index contributed by atoms with van der Waals surface area (Å²) in [5.41, 5.74) is 0.825. The minimum Gasteiger partial charge on any atom is -0.345 e. The molecule has 1 aromatic heterocycles. The van der Waals surface area contributed by atoms with Crippen LogP contribution in [0.1, 0.15) is 31.3 Å². The molecule has 0 N–H and O–H groups in total. The van der Waals surface area contributed by atoms with Crippen LogP contribution in [-0.4, -0.2) is 29.0 Å². The number of nitrogens with zero attached hydrogens (tertiary/aromatic N) is 2. The quantitative estimate of drug-likeness (QED) is 0.821. The summed E-state index contributed by atoms with van der Waals surface area (Å²) in [5, 5.41) is 0. The highest BCUT2D eigenvalue weighted by Crippen LogP contribution is 2.18. The van der Waals surface area contributed by atoms with Crippen LogP contribution in [0.2, 0.25) is 0 Å². The van der Waals surface area contributed by atoms with E-state index in [9.17, 15) is 4.79 Å². The molecule has 0 radical (unpaired) electrons. The number of hydrogen-bond donors (Lipinski definition) is 0. The second-order valence-electron chi connectivity index (χ2n) is 5.38. The Morgan fingerprint density at radius 3 is 2.44 bits per heavy atom. The van der Waals surface area contributed by atoms with Crippen molar-refractivity contribution in [2.24, 2.45) is 12.5 Å². The van der Waals surface area contributed by atoms with Crippen LogP contribution in [0.3, 0.4) is 0 Å². The number of carbonyl (C=O) groups is 1. The lowest BCUT2D eigenvalue weighted by Crippen LogP contribution is -2.35. The summed E-state index contributed by atoms with van der Waals surface area (Å²) in [7, 11) is 3.72. The number of rotatable bonds is 2. The number of aryl methyl sites for hydroxylation is 1. The van der Waals surface area contributed by atoms with Crippen molar-refractivity contribution in [2.75, 3.05) is 13.6 Å².